The van der Waals surface area contributed by atoms with Gasteiger partial charge in [-0.05, 0) is 27.7 Å². The smallest absolute Gasteiger partial charge is 0.314 e. The molecule has 1 saturated heterocycles. The number of morpholine rings is 1. The number of hydrogen-bond acceptors (Lipinski definition) is 4. The largest absolute Gasteiger partial charge is 0.373 e. The minimum Gasteiger partial charge on any atom is -0.373 e. The Morgan fingerprint density at radius 1 is 1.17 bits per heavy atom. The van der Waals surface area contributed by atoms with E-state index < -0.39 is 0 Å². The van der Waals surface area contributed by atoms with Crippen LogP contribution in [0.15, 0.2) is 0 Å². The molecule has 2 atom stereocenters. The Labute approximate surface area is 139 Å². The van der Waals surface area contributed by atoms with Crippen LogP contribution in [0, 0.1) is 0 Å². The van der Waals surface area contributed by atoms with Crippen molar-refractivity contribution in [3.05, 3.63) is 0 Å². The Kier molecular flexibility index (Phi) is 7.28. The third-order valence-corrected chi connectivity index (χ3v) is 4.08. The molecule has 1 aliphatic rings. The molecular formula is C16H32N4O3. The molecule has 3 amide bonds. The van der Waals surface area contributed by atoms with Gasteiger partial charge in [0.25, 0.3) is 0 Å². The Morgan fingerprint density at radius 3 is 2.26 bits per heavy atom. The average Bonchev–Trinajstić information content (AvgIpc) is 2.44. The zero-order chi connectivity index (χ0) is 17.6. The van der Waals surface area contributed by atoms with Crippen LogP contribution in [0.5, 0.6) is 0 Å². The Morgan fingerprint density at radius 2 is 1.74 bits per heavy atom. The SMILES string of the molecule is CC1CN(C(C)(C)CNC(=O)NCCC(=O)N(C)C)CC(C)O1. The van der Waals surface area contributed by atoms with Crippen LogP contribution >= 0.6 is 0 Å². The second kappa shape index (κ2) is 8.49. The number of nitrogens with one attached hydrogen (secondary N) is 2. The summed E-state index contributed by atoms with van der Waals surface area (Å²) in [7, 11) is 3.41. The quantitative estimate of drug-likeness (QED) is 0.751. The maximum atomic E-state index is 11.9. The summed E-state index contributed by atoms with van der Waals surface area (Å²) in [5, 5.41) is 5.62. The molecule has 23 heavy (non-hydrogen) atoms. The van der Waals surface area contributed by atoms with Crippen molar-refractivity contribution in [2.45, 2.75) is 51.9 Å². The van der Waals surface area contributed by atoms with Crippen molar-refractivity contribution >= 4 is 11.9 Å². The highest BCUT2D eigenvalue weighted by Gasteiger charge is 2.33. The van der Waals surface area contributed by atoms with E-state index in [1.54, 1.807) is 14.1 Å². The zero-order valence-electron chi connectivity index (χ0n) is 15.3. The van der Waals surface area contributed by atoms with Gasteiger partial charge < -0.3 is 20.3 Å². The summed E-state index contributed by atoms with van der Waals surface area (Å²) < 4.78 is 5.75. The predicted molar refractivity (Wildman–Crippen MR) is 90.4 cm³/mol. The fourth-order valence-electron chi connectivity index (χ4n) is 2.65. The minimum absolute atomic E-state index is 0.00178. The lowest BCUT2D eigenvalue weighted by Crippen LogP contribution is -2.59. The molecule has 7 heteroatoms. The maximum Gasteiger partial charge on any atom is 0.314 e. The van der Waals surface area contributed by atoms with E-state index in [4.69, 9.17) is 4.74 Å². The van der Waals surface area contributed by atoms with E-state index in [1.165, 1.54) is 4.90 Å². The van der Waals surface area contributed by atoms with Gasteiger partial charge >= 0.3 is 6.03 Å². The second-order valence-electron chi connectivity index (χ2n) is 7.12. The third kappa shape index (κ3) is 6.74. The molecular weight excluding hydrogens is 296 g/mol. The number of nitrogens with zero attached hydrogens (tertiary/aromatic N) is 2. The number of ether oxygens (including phenoxy) is 1. The van der Waals surface area contributed by atoms with Crippen molar-refractivity contribution in [2.24, 2.45) is 0 Å². The van der Waals surface area contributed by atoms with Crippen LogP contribution in [0.2, 0.25) is 0 Å². The molecule has 1 aliphatic heterocycles. The number of amides is 3. The Hall–Kier alpha value is -1.34. The van der Waals surface area contributed by atoms with Crippen LogP contribution in [0.4, 0.5) is 4.79 Å². The van der Waals surface area contributed by atoms with E-state index in [2.05, 4.69) is 43.2 Å². The lowest BCUT2D eigenvalue weighted by atomic mass is 10.00. The molecule has 2 N–H and O–H groups in total. The number of hydrogen-bond donors (Lipinski definition) is 2. The molecule has 0 spiro atoms. The van der Waals surface area contributed by atoms with Crippen LogP contribution in [-0.4, -0.2) is 79.8 Å². The third-order valence-electron chi connectivity index (χ3n) is 4.08. The van der Waals surface area contributed by atoms with Gasteiger partial charge in [-0.25, -0.2) is 4.79 Å². The van der Waals surface area contributed by atoms with Crippen LogP contribution in [0.1, 0.15) is 34.1 Å². The van der Waals surface area contributed by atoms with Gasteiger partial charge in [-0.15, -0.1) is 0 Å². The van der Waals surface area contributed by atoms with Crippen LogP contribution in [0.25, 0.3) is 0 Å². The predicted octanol–water partition coefficient (Wildman–Crippen LogP) is 0.652. The van der Waals surface area contributed by atoms with Gasteiger partial charge in [-0.3, -0.25) is 9.69 Å². The second-order valence-corrected chi connectivity index (χ2v) is 7.12. The van der Waals surface area contributed by atoms with E-state index in [0.29, 0.717) is 19.5 Å². The van der Waals surface area contributed by atoms with Gasteiger partial charge in [0.05, 0.1) is 12.2 Å². The molecule has 0 saturated carbocycles. The minimum atomic E-state index is -0.237. The first-order chi connectivity index (χ1) is 10.6. The number of rotatable bonds is 6. The molecule has 7 nitrogen and oxygen atoms in total. The van der Waals surface area contributed by atoms with E-state index in [0.717, 1.165) is 13.1 Å². The molecule has 0 bridgehead atoms. The van der Waals surface area contributed by atoms with Crippen molar-refractivity contribution < 1.29 is 14.3 Å². The van der Waals surface area contributed by atoms with Gasteiger partial charge in [0.1, 0.15) is 0 Å². The summed E-state index contributed by atoms with van der Waals surface area (Å²) in [6.45, 7) is 11.0. The summed E-state index contributed by atoms with van der Waals surface area (Å²) in [5.41, 5.74) is -0.150. The highest BCUT2D eigenvalue weighted by molar-refractivity contribution is 5.77. The van der Waals surface area contributed by atoms with Gasteiger partial charge in [-0.2, -0.15) is 0 Å². The van der Waals surface area contributed by atoms with Gasteiger partial charge in [0, 0.05) is 52.2 Å². The molecule has 134 valence electrons. The monoisotopic (exact) mass is 328 g/mol. The average molecular weight is 328 g/mol. The number of urea groups is 1. The van der Waals surface area contributed by atoms with Crippen molar-refractivity contribution in [1.82, 2.24) is 20.4 Å². The number of carbonyl (C=O) groups is 2. The highest BCUT2D eigenvalue weighted by Crippen LogP contribution is 2.20. The number of carbonyl (C=O) groups excluding carboxylic acids is 2. The van der Waals surface area contributed by atoms with E-state index >= 15 is 0 Å². The lowest BCUT2D eigenvalue weighted by Gasteiger charge is -2.45. The fourth-order valence-corrected chi connectivity index (χ4v) is 2.65. The molecule has 1 rings (SSSR count). The first-order valence-electron chi connectivity index (χ1n) is 8.24. The van der Waals surface area contributed by atoms with Crippen molar-refractivity contribution in [3.63, 3.8) is 0 Å². The topological polar surface area (TPSA) is 73.9 Å². The van der Waals surface area contributed by atoms with Crippen LogP contribution < -0.4 is 10.6 Å². The van der Waals surface area contributed by atoms with Gasteiger partial charge in [-0.1, -0.05) is 0 Å². The zero-order valence-corrected chi connectivity index (χ0v) is 15.3. The summed E-state index contributed by atoms with van der Waals surface area (Å²) >= 11 is 0. The fraction of sp³-hybridized carbons (Fsp3) is 0.875. The molecule has 0 aromatic rings. The van der Waals surface area contributed by atoms with E-state index in [1.807, 2.05) is 0 Å². The van der Waals surface area contributed by atoms with Gasteiger partial charge in [0.15, 0.2) is 0 Å². The summed E-state index contributed by atoms with van der Waals surface area (Å²) in [4.78, 5) is 27.2. The molecule has 0 aliphatic carbocycles. The molecule has 0 radical (unpaired) electrons. The van der Waals surface area contributed by atoms with Gasteiger partial charge in [0.2, 0.25) is 5.91 Å². The van der Waals surface area contributed by atoms with Crippen molar-refractivity contribution in [1.29, 1.82) is 0 Å². The summed E-state index contributed by atoms with van der Waals surface area (Å²) in [6, 6.07) is -0.237. The van der Waals surface area contributed by atoms with E-state index in [9.17, 15) is 9.59 Å². The molecule has 1 fully saturated rings. The first kappa shape index (κ1) is 19.7. The van der Waals surface area contributed by atoms with Crippen LogP contribution in [-0.2, 0) is 9.53 Å². The van der Waals surface area contributed by atoms with Crippen LogP contribution in [0.3, 0.4) is 0 Å². The standard InChI is InChI=1S/C16H32N4O3/c1-12-9-20(10-13(2)23-12)16(3,4)11-18-15(22)17-8-7-14(21)19(5)6/h12-13H,7-11H2,1-6H3,(H2,17,18,22). The summed E-state index contributed by atoms with van der Waals surface area (Å²) in [6.07, 6.45) is 0.704. The van der Waals surface area contributed by atoms with E-state index in [-0.39, 0.29) is 29.7 Å². The van der Waals surface area contributed by atoms with Crippen molar-refractivity contribution in [2.75, 3.05) is 40.3 Å². The summed E-state index contributed by atoms with van der Waals surface area (Å²) in [5.74, 6) is 0.00178. The molecule has 0 aromatic carbocycles. The normalized spacial score (nSPS) is 22.5. The van der Waals surface area contributed by atoms with Crippen molar-refractivity contribution in [3.8, 4) is 0 Å². The maximum absolute atomic E-state index is 11.9. The first-order valence-corrected chi connectivity index (χ1v) is 8.24. The molecule has 1 heterocycles. The molecule has 2 unspecified atom stereocenters. The lowest BCUT2D eigenvalue weighted by molar-refractivity contribution is -0.128. The Balaban J connectivity index is 2.34. The molecule has 0 aromatic heterocycles. The highest BCUT2D eigenvalue weighted by atomic mass is 16.5. The Bertz CT molecular complexity index is 402.